The topological polar surface area (TPSA) is 20.2 Å². The monoisotopic (exact) mass is 386 g/mol. The summed E-state index contributed by atoms with van der Waals surface area (Å²) in [6.07, 6.45) is 0.201. The van der Waals surface area contributed by atoms with Gasteiger partial charge >= 0.3 is 0 Å². The molecule has 0 saturated carbocycles. The van der Waals surface area contributed by atoms with Gasteiger partial charge < -0.3 is 5.11 Å². The molecular weight excluding hydrogens is 375 g/mol. The summed E-state index contributed by atoms with van der Waals surface area (Å²) in [4.78, 5) is 0. The average Bonchev–Trinajstić information content (AvgIpc) is 2.36. The lowest BCUT2D eigenvalue weighted by Gasteiger charge is -2.12. The Balaban J connectivity index is 2.05. The summed E-state index contributed by atoms with van der Waals surface area (Å²) in [7, 11) is 0. The molecule has 0 heterocycles. The Morgan fingerprint density at radius 2 is 1.68 bits per heavy atom. The van der Waals surface area contributed by atoms with Crippen molar-refractivity contribution < 1.29 is 9.50 Å². The molecule has 0 aliphatic heterocycles. The summed E-state index contributed by atoms with van der Waals surface area (Å²) in [6, 6.07) is 12.6. The zero-order valence-electron chi connectivity index (χ0n) is 10.1. The van der Waals surface area contributed by atoms with Gasteiger partial charge in [0.15, 0.2) is 0 Å². The average molecular weight is 388 g/mol. The van der Waals surface area contributed by atoms with Crippen molar-refractivity contribution in [2.75, 3.05) is 0 Å². The maximum absolute atomic E-state index is 13.7. The second-order valence-electron chi connectivity index (χ2n) is 4.39. The third-order valence-electron chi connectivity index (χ3n) is 2.88. The fraction of sp³-hybridized carbons (Fsp3) is 0.200. The number of halogens is 3. The first kappa shape index (κ1) is 14.7. The Morgan fingerprint density at radius 3 is 2.37 bits per heavy atom. The molecule has 0 aliphatic carbocycles. The molecule has 2 aromatic rings. The van der Waals surface area contributed by atoms with Crippen molar-refractivity contribution in [3.8, 4) is 0 Å². The minimum absolute atomic E-state index is 0.291. The van der Waals surface area contributed by atoms with E-state index in [1.807, 2.05) is 24.3 Å². The summed E-state index contributed by atoms with van der Waals surface area (Å²) < 4.78 is 15.3. The number of hydrogen-bond donors (Lipinski definition) is 1. The Hall–Kier alpha value is -0.710. The Morgan fingerprint density at radius 1 is 1.00 bits per heavy atom. The molecule has 0 spiro atoms. The van der Waals surface area contributed by atoms with Gasteiger partial charge in [-0.15, -0.1) is 0 Å². The lowest BCUT2D eigenvalue weighted by molar-refractivity contribution is 0.174. The molecule has 4 heteroatoms. The van der Waals surface area contributed by atoms with Crippen LogP contribution in [-0.4, -0.2) is 11.2 Å². The van der Waals surface area contributed by atoms with Gasteiger partial charge in [-0.05, 0) is 35.7 Å². The molecule has 0 radical (unpaired) electrons. The Bertz CT molecular complexity index is 572. The van der Waals surface area contributed by atoms with E-state index in [0.717, 1.165) is 10.0 Å². The second-order valence-corrected chi connectivity index (χ2v) is 6.16. The van der Waals surface area contributed by atoms with Gasteiger partial charge in [-0.25, -0.2) is 4.39 Å². The molecule has 100 valence electrons. The van der Waals surface area contributed by atoms with Crippen LogP contribution in [0.4, 0.5) is 4.39 Å². The molecule has 0 aliphatic rings. The van der Waals surface area contributed by atoms with E-state index in [4.69, 9.17) is 0 Å². The fourth-order valence-corrected chi connectivity index (χ4v) is 2.71. The van der Waals surface area contributed by atoms with Gasteiger partial charge in [0.2, 0.25) is 0 Å². The standard InChI is InChI=1S/C15H13Br2FO/c16-12-6-5-11(15(18)9-12)8-13(19)7-10-3-1-2-4-14(10)17/h1-6,9,13,19H,7-8H2. The van der Waals surface area contributed by atoms with E-state index in [0.29, 0.717) is 22.9 Å². The number of rotatable bonds is 4. The zero-order chi connectivity index (χ0) is 13.8. The predicted octanol–water partition coefficient (Wildman–Crippen LogP) is 4.50. The molecule has 2 rings (SSSR count). The molecule has 1 unspecified atom stereocenters. The minimum atomic E-state index is -0.602. The van der Waals surface area contributed by atoms with E-state index in [1.165, 1.54) is 6.07 Å². The van der Waals surface area contributed by atoms with Crippen LogP contribution in [0.15, 0.2) is 51.4 Å². The molecule has 1 atom stereocenters. The van der Waals surface area contributed by atoms with Crippen LogP contribution in [0.1, 0.15) is 11.1 Å². The highest BCUT2D eigenvalue weighted by Gasteiger charge is 2.12. The van der Waals surface area contributed by atoms with Gasteiger partial charge in [-0.2, -0.15) is 0 Å². The van der Waals surface area contributed by atoms with Gasteiger partial charge in [-0.3, -0.25) is 0 Å². The van der Waals surface area contributed by atoms with E-state index in [2.05, 4.69) is 31.9 Å². The molecule has 1 nitrogen and oxygen atoms in total. The van der Waals surface area contributed by atoms with Crippen molar-refractivity contribution in [2.45, 2.75) is 18.9 Å². The summed E-state index contributed by atoms with van der Waals surface area (Å²) in [5, 5.41) is 10.1. The number of benzene rings is 2. The molecule has 0 amide bonds. The molecule has 1 N–H and O–H groups in total. The van der Waals surface area contributed by atoms with Crippen LogP contribution in [0.5, 0.6) is 0 Å². The van der Waals surface area contributed by atoms with E-state index < -0.39 is 6.10 Å². The zero-order valence-corrected chi connectivity index (χ0v) is 13.3. The SMILES string of the molecule is OC(Cc1ccc(Br)cc1F)Cc1ccccc1Br. The third kappa shape index (κ3) is 4.13. The van der Waals surface area contributed by atoms with Crippen LogP contribution in [0.25, 0.3) is 0 Å². The Kier molecular flexibility index (Phi) is 5.13. The van der Waals surface area contributed by atoms with Crippen LogP contribution in [-0.2, 0) is 12.8 Å². The summed E-state index contributed by atoms with van der Waals surface area (Å²) in [6.45, 7) is 0. The van der Waals surface area contributed by atoms with Crippen LogP contribution in [0.2, 0.25) is 0 Å². The summed E-state index contributed by atoms with van der Waals surface area (Å²) >= 11 is 6.66. The third-order valence-corrected chi connectivity index (χ3v) is 4.15. The van der Waals surface area contributed by atoms with Gasteiger partial charge in [0.25, 0.3) is 0 Å². The largest absolute Gasteiger partial charge is 0.392 e. The van der Waals surface area contributed by atoms with Crippen molar-refractivity contribution >= 4 is 31.9 Å². The van der Waals surface area contributed by atoms with Gasteiger partial charge in [0.05, 0.1) is 6.10 Å². The maximum atomic E-state index is 13.7. The molecular formula is C15H13Br2FO. The molecule has 0 bridgehead atoms. The highest BCUT2D eigenvalue weighted by molar-refractivity contribution is 9.10. The van der Waals surface area contributed by atoms with E-state index in [9.17, 15) is 9.50 Å². The van der Waals surface area contributed by atoms with Crippen LogP contribution in [0.3, 0.4) is 0 Å². The molecule has 2 aromatic carbocycles. The highest BCUT2D eigenvalue weighted by Crippen LogP contribution is 2.20. The minimum Gasteiger partial charge on any atom is -0.392 e. The molecule has 0 saturated heterocycles. The maximum Gasteiger partial charge on any atom is 0.127 e. The Labute approximate surface area is 128 Å². The van der Waals surface area contributed by atoms with Crippen molar-refractivity contribution in [3.05, 3.63) is 68.4 Å². The fourth-order valence-electron chi connectivity index (χ4n) is 1.93. The number of hydrogen-bond acceptors (Lipinski definition) is 1. The van der Waals surface area contributed by atoms with Crippen molar-refractivity contribution in [3.63, 3.8) is 0 Å². The summed E-state index contributed by atoms with van der Waals surface area (Å²) in [5.74, 6) is -0.291. The van der Waals surface area contributed by atoms with Gasteiger partial charge in [0, 0.05) is 15.4 Å². The summed E-state index contributed by atoms with van der Waals surface area (Å²) in [5.41, 5.74) is 1.55. The van der Waals surface area contributed by atoms with E-state index in [-0.39, 0.29) is 5.82 Å². The predicted molar refractivity (Wildman–Crippen MR) is 81.7 cm³/mol. The van der Waals surface area contributed by atoms with Crippen LogP contribution < -0.4 is 0 Å². The lowest BCUT2D eigenvalue weighted by atomic mass is 10.0. The quantitative estimate of drug-likeness (QED) is 0.818. The highest BCUT2D eigenvalue weighted by atomic mass is 79.9. The van der Waals surface area contributed by atoms with E-state index in [1.54, 1.807) is 12.1 Å². The normalized spacial score (nSPS) is 12.4. The van der Waals surface area contributed by atoms with Crippen LogP contribution >= 0.6 is 31.9 Å². The lowest BCUT2D eigenvalue weighted by Crippen LogP contribution is -2.15. The molecule has 0 fully saturated rings. The first-order valence-electron chi connectivity index (χ1n) is 5.91. The van der Waals surface area contributed by atoms with Crippen molar-refractivity contribution in [2.24, 2.45) is 0 Å². The van der Waals surface area contributed by atoms with Crippen molar-refractivity contribution in [1.29, 1.82) is 0 Å². The smallest absolute Gasteiger partial charge is 0.127 e. The van der Waals surface area contributed by atoms with Crippen molar-refractivity contribution in [1.82, 2.24) is 0 Å². The number of aliphatic hydroxyl groups is 1. The van der Waals surface area contributed by atoms with Gasteiger partial charge in [-0.1, -0.05) is 56.1 Å². The van der Waals surface area contributed by atoms with Crippen LogP contribution in [0, 0.1) is 5.82 Å². The molecule has 19 heavy (non-hydrogen) atoms. The van der Waals surface area contributed by atoms with Gasteiger partial charge in [0.1, 0.15) is 5.82 Å². The first-order valence-corrected chi connectivity index (χ1v) is 7.50. The number of aliphatic hydroxyl groups excluding tert-OH is 1. The second kappa shape index (κ2) is 6.64. The molecule has 0 aromatic heterocycles. The van der Waals surface area contributed by atoms with E-state index >= 15 is 0 Å². The first-order chi connectivity index (χ1) is 9.06.